The Balaban J connectivity index is 1.28. The van der Waals surface area contributed by atoms with E-state index in [9.17, 15) is 40.9 Å². The molecule has 12 heteroatoms. The molecule has 0 bridgehead atoms. The van der Waals surface area contributed by atoms with E-state index in [1.807, 2.05) is 0 Å². The predicted molar refractivity (Wildman–Crippen MR) is 134 cm³/mol. The molecule has 12 nitrogen and oxygen atoms in total. The van der Waals surface area contributed by atoms with Crippen molar-refractivity contribution in [3.8, 4) is 11.5 Å². The maximum atomic E-state index is 10.4. The topological polar surface area (TPSA) is 199 Å². The van der Waals surface area contributed by atoms with Gasteiger partial charge in [-0.15, -0.1) is 0 Å². The molecule has 0 saturated carbocycles. The smallest absolute Gasteiger partial charge is 0.119 e. The monoisotopic (exact) mass is 552 g/mol. The summed E-state index contributed by atoms with van der Waals surface area (Å²) in [4.78, 5) is 0. The van der Waals surface area contributed by atoms with Gasteiger partial charge in [0.15, 0.2) is 0 Å². The predicted octanol–water partition coefficient (Wildman–Crippen LogP) is -1.44. The first-order valence-corrected chi connectivity index (χ1v) is 12.8. The minimum Gasteiger partial charge on any atom is -0.493 e. The average Bonchev–Trinajstić information content (AvgIpc) is 2.95. The molecule has 2 heterocycles. The molecule has 2 fully saturated rings. The summed E-state index contributed by atoms with van der Waals surface area (Å²) in [5, 5.41) is 79.6. The summed E-state index contributed by atoms with van der Waals surface area (Å²) in [6, 6.07) is 13.5. The highest BCUT2D eigenvalue weighted by molar-refractivity contribution is 5.32. The summed E-state index contributed by atoms with van der Waals surface area (Å²) >= 11 is 0. The van der Waals surface area contributed by atoms with Crippen molar-refractivity contribution in [1.82, 2.24) is 0 Å². The molecule has 2 aliphatic rings. The zero-order valence-corrected chi connectivity index (χ0v) is 21.1. The van der Waals surface area contributed by atoms with E-state index in [0.29, 0.717) is 42.3 Å². The number of hydrogen-bond acceptors (Lipinski definition) is 12. The molecule has 39 heavy (non-hydrogen) atoms. The summed E-state index contributed by atoms with van der Waals surface area (Å²) in [6.45, 7) is -0.429. The van der Waals surface area contributed by atoms with Crippen LogP contribution in [0.15, 0.2) is 48.5 Å². The average molecular weight is 553 g/mol. The fourth-order valence-electron chi connectivity index (χ4n) is 4.76. The van der Waals surface area contributed by atoms with Crippen molar-refractivity contribution in [2.45, 2.75) is 67.5 Å². The minimum absolute atomic E-state index is 0.296. The summed E-state index contributed by atoms with van der Waals surface area (Å²) in [6.07, 6.45) is -12.0. The molecule has 4 rings (SSSR count). The maximum Gasteiger partial charge on any atom is 0.119 e. The Morgan fingerprint density at radius 1 is 0.564 bits per heavy atom. The van der Waals surface area contributed by atoms with Crippen LogP contribution in [-0.4, -0.2) is 116 Å². The van der Waals surface area contributed by atoms with Gasteiger partial charge in [-0.2, -0.15) is 0 Å². The molecule has 2 aliphatic heterocycles. The summed E-state index contributed by atoms with van der Waals surface area (Å²) < 4.78 is 22.8. The molecule has 0 radical (unpaired) electrons. The molecule has 0 aromatic heterocycles. The fraction of sp³-hybridized carbons (Fsp3) is 0.556. The second-order valence-electron chi connectivity index (χ2n) is 9.69. The van der Waals surface area contributed by atoms with Crippen molar-refractivity contribution in [3.05, 3.63) is 59.7 Å². The van der Waals surface area contributed by atoms with Crippen molar-refractivity contribution >= 4 is 0 Å². The molecular formula is C27H36O12. The van der Waals surface area contributed by atoms with Crippen LogP contribution in [0, 0.1) is 0 Å². The van der Waals surface area contributed by atoms with Crippen LogP contribution in [0.5, 0.6) is 11.5 Å². The third-order valence-corrected chi connectivity index (χ3v) is 6.98. The number of benzene rings is 2. The molecule has 8 N–H and O–H groups in total. The van der Waals surface area contributed by atoms with Crippen LogP contribution in [0.2, 0.25) is 0 Å². The van der Waals surface area contributed by atoms with Gasteiger partial charge < -0.3 is 59.8 Å². The van der Waals surface area contributed by atoms with E-state index in [0.717, 1.165) is 0 Å². The SMILES string of the molecule is OC[C@H]1O[C@H](c2cccc(OCCCOc3cccc(C4O[C@H](CO)[C@@H](O)[C@H](O)[C@@H]4O)c3)c2)[C@@H](O)[C@@H](O)[C@@H]1O. The minimum atomic E-state index is -1.47. The van der Waals surface area contributed by atoms with Crippen molar-refractivity contribution in [2.75, 3.05) is 26.4 Å². The first-order chi connectivity index (χ1) is 18.7. The lowest BCUT2D eigenvalue weighted by molar-refractivity contribution is -0.231. The van der Waals surface area contributed by atoms with Gasteiger partial charge in [0, 0.05) is 6.42 Å². The third-order valence-electron chi connectivity index (χ3n) is 6.98. The Morgan fingerprint density at radius 3 is 1.36 bits per heavy atom. The van der Waals surface area contributed by atoms with E-state index in [1.165, 1.54) is 0 Å². The van der Waals surface area contributed by atoms with E-state index < -0.39 is 74.3 Å². The van der Waals surface area contributed by atoms with Crippen LogP contribution < -0.4 is 9.47 Å². The fourth-order valence-corrected chi connectivity index (χ4v) is 4.76. The van der Waals surface area contributed by atoms with Crippen molar-refractivity contribution in [2.24, 2.45) is 0 Å². The van der Waals surface area contributed by atoms with Gasteiger partial charge in [0.2, 0.25) is 0 Å². The number of ether oxygens (including phenoxy) is 4. The summed E-state index contributed by atoms with van der Waals surface area (Å²) in [7, 11) is 0. The second kappa shape index (κ2) is 13.3. The van der Waals surface area contributed by atoms with Crippen LogP contribution in [0.1, 0.15) is 29.8 Å². The molecular weight excluding hydrogens is 516 g/mol. The van der Waals surface area contributed by atoms with E-state index >= 15 is 0 Å². The largest absolute Gasteiger partial charge is 0.493 e. The highest BCUT2D eigenvalue weighted by Crippen LogP contribution is 2.35. The van der Waals surface area contributed by atoms with Crippen molar-refractivity contribution < 1.29 is 59.8 Å². The Labute approximate surface area is 225 Å². The van der Waals surface area contributed by atoms with Crippen LogP contribution in [-0.2, 0) is 9.47 Å². The molecule has 1 unspecified atom stereocenters. The van der Waals surface area contributed by atoms with Crippen molar-refractivity contribution in [1.29, 1.82) is 0 Å². The molecule has 2 aromatic carbocycles. The highest BCUT2D eigenvalue weighted by atomic mass is 16.6. The lowest BCUT2D eigenvalue weighted by Gasteiger charge is -2.40. The number of hydrogen-bond donors (Lipinski definition) is 8. The molecule has 10 atom stereocenters. The van der Waals surface area contributed by atoms with Gasteiger partial charge >= 0.3 is 0 Å². The second-order valence-corrected chi connectivity index (χ2v) is 9.69. The number of aliphatic hydroxyl groups is 8. The van der Waals surface area contributed by atoms with Crippen LogP contribution in [0.3, 0.4) is 0 Å². The number of rotatable bonds is 10. The standard InChI is InChI=1S/C27H36O12/c28-12-18-20(30)22(32)24(34)26(38-18)14-4-1-6-16(10-14)36-8-3-9-37-17-7-2-5-15(11-17)27-25(35)23(33)21(31)19(13-29)39-27/h1-2,4-7,10-11,18-35H,3,8-9,12-13H2/t18-,19-,20-,21-,22+,23+,24+,25+,26-,27?/m1/s1. The van der Waals surface area contributed by atoms with E-state index in [4.69, 9.17) is 18.9 Å². The van der Waals surface area contributed by atoms with Gasteiger partial charge in [0.05, 0.1) is 26.4 Å². The summed E-state index contributed by atoms with van der Waals surface area (Å²) in [5.41, 5.74) is 1.04. The molecule has 0 aliphatic carbocycles. The zero-order chi connectivity index (χ0) is 28.1. The summed E-state index contributed by atoms with van der Waals surface area (Å²) in [5.74, 6) is 0.989. The van der Waals surface area contributed by atoms with E-state index in [1.54, 1.807) is 48.5 Å². The molecule has 2 aromatic rings. The zero-order valence-electron chi connectivity index (χ0n) is 21.1. The normalized spacial score (nSPS) is 35.0. The van der Waals surface area contributed by atoms with Gasteiger partial charge in [0.1, 0.15) is 72.5 Å². The van der Waals surface area contributed by atoms with Gasteiger partial charge in [-0.1, -0.05) is 24.3 Å². The Hall–Kier alpha value is -2.36. The number of aliphatic hydroxyl groups excluding tert-OH is 8. The maximum absolute atomic E-state index is 10.4. The highest BCUT2D eigenvalue weighted by Gasteiger charge is 2.45. The third kappa shape index (κ3) is 6.69. The first kappa shape index (κ1) is 29.6. The van der Waals surface area contributed by atoms with Crippen LogP contribution in [0.4, 0.5) is 0 Å². The lowest BCUT2D eigenvalue weighted by Crippen LogP contribution is -2.55. The van der Waals surface area contributed by atoms with Gasteiger partial charge in [-0.05, 0) is 35.4 Å². The van der Waals surface area contributed by atoms with Gasteiger partial charge in [-0.3, -0.25) is 0 Å². The quantitative estimate of drug-likeness (QED) is 0.160. The molecule has 2 saturated heterocycles. The Kier molecular flexibility index (Phi) is 10.1. The Bertz CT molecular complexity index is 967. The van der Waals surface area contributed by atoms with Crippen molar-refractivity contribution in [3.63, 3.8) is 0 Å². The molecule has 216 valence electrons. The molecule has 0 amide bonds. The lowest BCUT2D eigenvalue weighted by atomic mass is 9.91. The Morgan fingerprint density at radius 2 is 0.974 bits per heavy atom. The van der Waals surface area contributed by atoms with Gasteiger partial charge in [0.25, 0.3) is 0 Å². The van der Waals surface area contributed by atoms with E-state index in [-0.39, 0.29) is 0 Å². The van der Waals surface area contributed by atoms with E-state index in [2.05, 4.69) is 0 Å². The van der Waals surface area contributed by atoms with Crippen LogP contribution >= 0.6 is 0 Å². The first-order valence-electron chi connectivity index (χ1n) is 12.8. The van der Waals surface area contributed by atoms with Crippen LogP contribution in [0.25, 0.3) is 0 Å². The molecule has 0 spiro atoms. The van der Waals surface area contributed by atoms with Gasteiger partial charge in [-0.25, -0.2) is 0 Å².